The van der Waals surface area contributed by atoms with Crippen LogP contribution >= 0.6 is 34.8 Å². The van der Waals surface area contributed by atoms with E-state index < -0.39 is 15.2 Å². The van der Waals surface area contributed by atoms with Crippen molar-refractivity contribution in [2.45, 2.75) is 36.0 Å². The van der Waals surface area contributed by atoms with Crippen molar-refractivity contribution in [3.8, 4) is 0 Å². The Labute approximate surface area is 116 Å². The van der Waals surface area contributed by atoms with Gasteiger partial charge in [0.15, 0.2) is 4.33 Å². The maximum absolute atomic E-state index is 12.1. The number of carbonyl (C=O) groups excluding carboxylic acids is 1. The van der Waals surface area contributed by atoms with E-state index in [2.05, 4.69) is 0 Å². The first-order valence-electron chi connectivity index (χ1n) is 5.08. The van der Waals surface area contributed by atoms with Gasteiger partial charge >= 0.3 is 0 Å². The topological polar surface area (TPSA) is 46.3 Å². The summed E-state index contributed by atoms with van der Waals surface area (Å²) >= 11 is 18.0. The van der Waals surface area contributed by atoms with Crippen LogP contribution in [0.4, 0.5) is 0 Å². The first-order chi connectivity index (χ1) is 7.57. The quantitative estimate of drug-likeness (QED) is 0.350. The number of hydrogen-bond acceptors (Lipinski definition) is 2. The predicted molar refractivity (Wildman–Crippen MR) is 72.1 cm³/mol. The lowest BCUT2D eigenvalue weighted by Gasteiger charge is -2.34. The van der Waals surface area contributed by atoms with Gasteiger partial charge in [-0.2, -0.15) is 0 Å². The fourth-order valence-corrected chi connectivity index (χ4v) is 1.90. The van der Waals surface area contributed by atoms with Gasteiger partial charge in [0, 0.05) is 5.57 Å². The fraction of sp³-hybridized carbons (Fsp3) is 0.545. The SMILES string of the molecule is CC(C)(C)N(N)C(=O)C1=CC=CC(Cl)(Cl)C1Cl. The van der Waals surface area contributed by atoms with Crippen LogP contribution in [0.5, 0.6) is 0 Å². The monoisotopic (exact) mass is 296 g/mol. The summed E-state index contributed by atoms with van der Waals surface area (Å²) in [6.07, 6.45) is 4.71. The molecule has 1 atom stereocenters. The van der Waals surface area contributed by atoms with Crippen LogP contribution < -0.4 is 5.84 Å². The zero-order valence-corrected chi connectivity index (χ0v) is 12.1. The molecule has 2 N–H and O–H groups in total. The highest BCUT2D eigenvalue weighted by Crippen LogP contribution is 2.38. The van der Waals surface area contributed by atoms with E-state index in [1.165, 1.54) is 6.08 Å². The molecular weight excluding hydrogens is 282 g/mol. The summed E-state index contributed by atoms with van der Waals surface area (Å²) in [5.41, 5.74) is -0.214. The summed E-state index contributed by atoms with van der Waals surface area (Å²) in [5.74, 6) is 5.37. The number of allylic oxidation sites excluding steroid dienone is 3. The minimum absolute atomic E-state index is 0.289. The Morgan fingerprint density at radius 1 is 1.47 bits per heavy atom. The number of halogens is 3. The van der Waals surface area contributed by atoms with Crippen LogP contribution in [0.25, 0.3) is 0 Å². The molecule has 0 radical (unpaired) electrons. The van der Waals surface area contributed by atoms with Gasteiger partial charge in [0.25, 0.3) is 5.91 Å². The largest absolute Gasteiger partial charge is 0.271 e. The lowest BCUT2D eigenvalue weighted by Crippen LogP contribution is -2.52. The average molecular weight is 298 g/mol. The van der Waals surface area contributed by atoms with Gasteiger partial charge in [0.2, 0.25) is 0 Å². The molecule has 1 aliphatic carbocycles. The Morgan fingerprint density at radius 2 is 2.00 bits per heavy atom. The summed E-state index contributed by atoms with van der Waals surface area (Å²) in [7, 11) is 0. The van der Waals surface area contributed by atoms with Crippen LogP contribution in [0.2, 0.25) is 0 Å². The first-order valence-corrected chi connectivity index (χ1v) is 6.27. The van der Waals surface area contributed by atoms with Crippen molar-refractivity contribution in [2.75, 3.05) is 0 Å². The van der Waals surface area contributed by atoms with Crippen LogP contribution in [0, 0.1) is 0 Å². The molecular formula is C11H15Cl3N2O. The molecule has 0 heterocycles. The molecule has 0 fully saturated rings. The first kappa shape index (κ1) is 14.8. The number of amides is 1. The highest BCUT2D eigenvalue weighted by Gasteiger charge is 2.40. The zero-order chi connectivity index (χ0) is 13.4. The van der Waals surface area contributed by atoms with E-state index in [0.717, 1.165) is 5.01 Å². The van der Waals surface area contributed by atoms with Crippen molar-refractivity contribution in [1.82, 2.24) is 5.01 Å². The molecule has 1 unspecified atom stereocenters. The van der Waals surface area contributed by atoms with Gasteiger partial charge in [-0.05, 0) is 26.8 Å². The average Bonchev–Trinajstić information content (AvgIpc) is 2.18. The van der Waals surface area contributed by atoms with Crippen molar-refractivity contribution in [1.29, 1.82) is 0 Å². The van der Waals surface area contributed by atoms with Crippen molar-refractivity contribution in [2.24, 2.45) is 5.84 Å². The van der Waals surface area contributed by atoms with Gasteiger partial charge < -0.3 is 0 Å². The molecule has 1 aliphatic rings. The number of hydrazine groups is 1. The van der Waals surface area contributed by atoms with Gasteiger partial charge in [-0.3, -0.25) is 9.80 Å². The molecule has 0 aromatic carbocycles. The smallest absolute Gasteiger partial charge is 0.265 e. The van der Waals surface area contributed by atoms with Gasteiger partial charge in [-0.25, -0.2) is 5.84 Å². The summed E-state index contributed by atoms with van der Waals surface area (Å²) < 4.78 is -1.29. The van der Waals surface area contributed by atoms with Crippen LogP contribution in [-0.2, 0) is 4.79 Å². The van der Waals surface area contributed by atoms with Crippen molar-refractivity contribution >= 4 is 40.7 Å². The molecule has 0 saturated carbocycles. The predicted octanol–water partition coefficient (Wildman–Crippen LogP) is 2.76. The molecule has 0 aromatic heterocycles. The lowest BCUT2D eigenvalue weighted by molar-refractivity contribution is -0.132. The minimum atomic E-state index is -1.29. The highest BCUT2D eigenvalue weighted by atomic mass is 35.5. The number of hydrogen-bond donors (Lipinski definition) is 1. The Morgan fingerprint density at radius 3 is 2.47 bits per heavy atom. The van der Waals surface area contributed by atoms with Gasteiger partial charge in [0.1, 0.15) is 5.38 Å². The van der Waals surface area contributed by atoms with Gasteiger partial charge in [0.05, 0.1) is 5.54 Å². The van der Waals surface area contributed by atoms with E-state index in [9.17, 15) is 4.79 Å². The molecule has 0 aromatic rings. The third-order valence-electron chi connectivity index (χ3n) is 2.39. The molecule has 0 bridgehead atoms. The lowest BCUT2D eigenvalue weighted by atomic mass is 10.00. The van der Waals surface area contributed by atoms with Crippen LogP contribution in [-0.4, -0.2) is 26.2 Å². The van der Waals surface area contributed by atoms with Gasteiger partial charge in [-0.15, -0.1) is 11.6 Å². The van der Waals surface area contributed by atoms with Crippen molar-refractivity contribution < 1.29 is 4.79 Å². The third kappa shape index (κ3) is 3.16. The third-order valence-corrected chi connectivity index (χ3v) is 3.88. The molecule has 1 rings (SSSR count). The van der Waals surface area contributed by atoms with Crippen LogP contribution in [0.15, 0.2) is 23.8 Å². The Hall–Kier alpha value is -0.220. The second kappa shape index (κ2) is 4.81. The van der Waals surface area contributed by atoms with E-state index >= 15 is 0 Å². The Kier molecular flexibility index (Phi) is 4.20. The number of carbonyl (C=O) groups is 1. The molecule has 96 valence electrons. The highest BCUT2D eigenvalue weighted by molar-refractivity contribution is 6.54. The van der Waals surface area contributed by atoms with E-state index in [4.69, 9.17) is 40.6 Å². The molecule has 0 spiro atoms. The minimum Gasteiger partial charge on any atom is -0.271 e. The number of rotatable bonds is 1. The Balaban J connectivity index is 2.99. The normalized spacial score (nSPS) is 23.2. The molecule has 17 heavy (non-hydrogen) atoms. The molecule has 3 nitrogen and oxygen atoms in total. The molecule has 0 aliphatic heterocycles. The number of alkyl halides is 3. The second-order valence-corrected chi connectivity index (χ2v) is 6.74. The van der Waals surface area contributed by atoms with Crippen molar-refractivity contribution in [3.63, 3.8) is 0 Å². The summed E-state index contributed by atoms with van der Waals surface area (Å²) in [4.78, 5) is 12.1. The summed E-state index contributed by atoms with van der Waals surface area (Å²) in [6.45, 7) is 5.46. The second-order valence-electron chi connectivity index (χ2n) is 4.86. The maximum atomic E-state index is 12.1. The molecule has 0 saturated heterocycles. The Bertz CT molecular complexity index is 383. The summed E-state index contributed by atoms with van der Waals surface area (Å²) in [5, 5.41) is 0.300. The van der Waals surface area contributed by atoms with E-state index in [1.807, 2.05) is 20.8 Å². The van der Waals surface area contributed by atoms with E-state index in [-0.39, 0.29) is 11.5 Å². The van der Waals surface area contributed by atoms with Crippen molar-refractivity contribution in [3.05, 3.63) is 23.8 Å². The fourth-order valence-electron chi connectivity index (χ4n) is 1.28. The molecule has 1 amide bonds. The van der Waals surface area contributed by atoms with E-state index in [0.29, 0.717) is 0 Å². The zero-order valence-electron chi connectivity index (χ0n) is 9.88. The number of nitrogens with zero attached hydrogens (tertiary/aromatic N) is 1. The maximum Gasteiger partial charge on any atom is 0.265 e. The standard InChI is InChI=1S/C11H15Cl3N2O/c1-10(2,3)16(15)9(17)7-5-4-6-11(13,14)8(7)12/h4-6,8H,15H2,1-3H3. The molecule has 6 heteroatoms. The summed E-state index contributed by atoms with van der Waals surface area (Å²) in [6, 6.07) is 0. The van der Waals surface area contributed by atoms with Crippen LogP contribution in [0.3, 0.4) is 0 Å². The number of nitrogens with two attached hydrogens (primary N) is 1. The van der Waals surface area contributed by atoms with Gasteiger partial charge in [-0.1, -0.05) is 35.4 Å². The van der Waals surface area contributed by atoms with E-state index in [1.54, 1.807) is 12.2 Å². The van der Waals surface area contributed by atoms with Crippen LogP contribution in [0.1, 0.15) is 20.8 Å².